The molecule has 180 valence electrons. The fourth-order valence-corrected chi connectivity index (χ4v) is 3.94. The van der Waals surface area contributed by atoms with Gasteiger partial charge in [0.2, 0.25) is 0 Å². The van der Waals surface area contributed by atoms with Crippen LogP contribution in [0.1, 0.15) is 17.2 Å². The number of carbonyl (C=O) groups excluding carboxylic acids is 2. The van der Waals surface area contributed by atoms with Crippen molar-refractivity contribution in [3.63, 3.8) is 0 Å². The number of halogens is 4. The highest BCUT2D eigenvalue weighted by Crippen LogP contribution is 2.43. The van der Waals surface area contributed by atoms with Gasteiger partial charge in [-0.1, -0.05) is 23.7 Å². The molecule has 0 saturated carbocycles. The summed E-state index contributed by atoms with van der Waals surface area (Å²) in [6.07, 6.45) is -2.10. The van der Waals surface area contributed by atoms with Crippen molar-refractivity contribution in [1.82, 2.24) is 4.98 Å². The second-order valence-corrected chi connectivity index (χ2v) is 7.76. The number of ketones is 1. The summed E-state index contributed by atoms with van der Waals surface area (Å²) in [6, 6.07) is 10.9. The number of pyridine rings is 1. The molecule has 3 aromatic rings. The Balaban J connectivity index is 1.90. The van der Waals surface area contributed by atoms with Crippen LogP contribution in [0.5, 0.6) is 11.5 Å². The molecule has 1 N–H and O–H groups in total. The highest BCUT2D eigenvalue weighted by Gasteiger charge is 2.47. The summed E-state index contributed by atoms with van der Waals surface area (Å²) in [7, 11) is 1.37. The molecule has 0 bridgehead atoms. The molecule has 0 spiro atoms. The third-order valence-corrected chi connectivity index (χ3v) is 5.51. The Bertz CT molecular complexity index is 1330. The Morgan fingerprint density at radius 2 is 1.89 bits per heavy atom. The number of aliphatic hydroxyl groups is 1. The zero-order chi connectivity index (χ0) is 25.3. The molecule has 1 amide bonds. The summed E-state index contributed by atoms with van der Waals surface area (Å²) in [5, 5.41) is 11.4. The van der Waals surface area contributed by atoms with E-state index in [1.165, 1.54) is 49.8 Å². The number of hydrogen-bond donors (Lipinski definition) is 1. The topological polar surface area (TPSA) is 89.0 Å². The number of amides is 1. The first-order valence-corrected chi connectivity index (χ1v) is 10.4. The van der Waals surface area contributed by atoms with Crippen molar-refractivity contribution in [3.8, 4) is 11.5 Å². The van der Waals surface area contributed by atoms with Crippen LogP contribution in [0.15, 0.2) is 72.6 Å². The maximum atomic E-state index is 13.1. The van der Waals surface area contributed by atoms with Gasteiger partial charge in [-0.15, -0.1) is 13.2 Å². The van der Waals surface area contributed by atoms with E-state index in [0.29, 0.717) is 5.56 Å². The van der Waals surface area contributed by atoms with Gasteiger partial charge in [0.25, 0.3) is 11.7 Å². The lowest BCUT2D eigenvalue weighted by Crippen LogP contribution is -2.29. The summed E-state index contributed by atoms with van der Waals surface area (Å²) in [6.45, 7) is 0. The molecule has 2 aromatic carbocycles. The van der Waals surface area contributed by atoms with E-state index < -0.39 is 35.6 Å². The van der Waals surface area contributed by atoms with Crippen molar-refractivity contribution >= 4 is 34.7 Å². The number of carbonyl (C=O) groups is 2. The molecule has 1 aromatic heterocycles. The van der Waals surface area contributed by atoms with Gasteiger partial charge in [-0.2, -0.15) is 0 Å². The fraction of sp³-hybridized carbons (Fsp3) is 0.125. The SMILES string of the molecule is COc1cc(/C(O)=C2\C(=O)C(=O)N(c3cccc(OC(F)(F)F)c3)C2c2cccnc2)ccc1Cl. The van der Waals surface area contributed by atoms with Gasteiger partial charge >= 0.3 is 6.36 Å². The van der Waals surface area contributed by atoms with Crippen molar-refractivity contribution in [2.24, 2.45) is 0 Å². The maximum Gasteiger partial charge on any atom is 0.573 e. The van der Waals surface area contributed by atoms with Crippen molar-refractivity contribution in [3.05, 3.63) is 88.7 Å². The fourth-order valence-electron chi connectivity index (χ4n) is 3.75. The standard InChI is InChI=1S/C24H16ClF3N2O5/c1-34-18-10-13(7-8-17(18)25)21(31)19-20(14-4-3-9-29-12-14)30(23(33)22(19)32)15-5-2-6-16(11-15)35-24(26,27)28/h2-12,20,31H,1H3/b21-19+. The highest BCUT2D eigenvalue weighted by atomic mass is 35.5. The molecule has 11 heteroatoms. The summed E-state index contributed by atoms with van der Waals surface area (Å²) in [4.78, 5) is 31.2. The van der Waals surface area contributed by atoms with Crippen molar-refractivity contribution in [2.75, 3.05) is 12.0 Å². The van der Waals surface area contributed by atoms with Gasteiger partial charge in [0.1, 0.15) is 17.3 Å². The van der Waals surface area contributed by atoms with Gasteiger partial charge in [0.15, 0.2) is 0 Å². The normalized spacial score (nSPS) is 17.5. The molecule has 1 unspecified atom stereocenters. The van der Waals surface area contributed by atoms with E-state index in [4.69, 9.17) is 16.3 Å². The Hall–Kier alpha value is -4.05. The molecule has 1 atom stereocenters. The summed E-state index contributed by atoms with van der Waals surface area (Å²) >= 11 is 6.05. The first kappa shape index (κ1) is 24.1. The molecule has 1 aliphatic rings. The van der Waals surface area contributed by atoms with Gasteiger partial charge in [-0.25, -0.2) is 0 Å². The number of methoxy groups -OCH3 is 1. The van der Waals surface area contributed by atoms with Crippen LogP contribution in [-0.2, 0) is 9.59 Å². The molecule has 7 nitrogen and oxygen atoms in total. The number of hydrogen-bond acceptors (Lipinski definition) is 6. The van der Waals surface area contributed by atoms with E-state index in [9.17, 15) is 27.9 Å². The van der Waals surface area contributed by atoms with Crippen LogP contribution >= 0.6 is 11.6 Å². The van der Waals surface area contributed by atoms with E-state index in [1.807, 2.05) is 0 Å². The molecular formula is C24H16ClF3N2O5. The van der Waals surface area contributed by atoms with Crippen molar-refractivity contribution in [1.29, 1.82) is 0 Å². The molecule has 1 saturated heterocycles. The largest absolute Gasteiger partial charge is 0.573 e. The van der Waals surface area contributed by atoms with Crippen LogP contribution in [0.3, 0.4) is 0 Å². The van der Waals surface area contributed by atoms with E-state index in [-0.39, 0.29) is 27.6 Å². The van der Waals surface area contributed by atoms with Crippen LogP contribution < -0.4 is 14.4 Å². The lowest BCUT2D eigenvalue weighted by Gasteiger charge is -2.25. The van der Waals surface area contributed by atoms with E-state index in [1.54, 1.807) is 12.1 Å². The molecule has 35 heavy (non-hydrogen) atoms. The quantitative estimate of drug-likeness (QED) is 0.289. The first-order chi connectivity index (χ1) is 16.6. The maximum absolute atomic E-state index is 13.1. The van der Waals surface area contributed by atoms with Crippen LogP contribution in [0.25, 0.3) is 5.76 Å². The van der Waals surface area contributed by atoms with Gasteiger partial charge < -0.3 is 14.6 Å². The molecular weight excluding hydrogens is 489 g/mol. The van der Waals surface area contributed by atoms with E-state index >= 15 is 0 Å². The number of alkyl halides is 3. The van der Waals surface area contributed by atoms with Gasteiger partial charge in [-0.3, -0.25) is 19.5 Å². The molecule has 0 radical (unpaired) electrons. The lowest BCUT2D eigenvalue weighted by molar-refractivity contribution is -0.274. The smallest absolute Gasteiger partial charge is 0.507 e. The number of nitrogens with zero attached hydrogens (tertiary/aromatic N) is 2. The summed E-state index contributed by atoms with van der Waals surface area (Å²) in [5.74, 6) is -2.96. The van der Waals surface area contributed by atoms with Gasteiger partial charge in [0, 0.05) is 29.7 Å². The zero-order valence-electron chi connectivity index (χ0n) is 17.9. The molecule has 0 aliphatic carbocycles. The van der Waals surface area contributed by atoms with E-state index in [2.05, 4.69) is 9.72 Å². The average Bonchev–Trinajstić information content (AvgIpc) is 3.09. The minimum atomic E-state index is -4.96. The number of anilines is 1. The van der Waals surface area contributed by atoms with E-state index in [0.717, 1.165) is 17.0 Å². The minimum Gasteiger partial charge on any atom is -0.507 e. The average molecular weight is 505 g/mol. The Morgan fingerprint density at radius 1 is 1.11 bits per heavy atom. The predicted octanol–water partition coefficient (Wildman–Crippen LogP) is 5.27. The minimum absolute atomic E-state index is 0.0459. The first-order valence-electron chi connectivity index (χ1n) is 10.0. The predicted molar refractivity (Wildman–Crippen MR) is 120 cm³/mol. The highest BCUT2D eigenvalue weighted by molar-refractivity contribution is 6.51. The number of aliphatic hydroxyl groups excluding tert-OH is 1. The Labute approximate surface area is 202 Å². The second-order valence-electron chi connectivity index (χ2n) is 7.35. The van der Waals surface area contributed by atoms with Crippen LogP contribution in [-0.4, -0.2) is 35.3 Å². The zero-order valence-corrected chi connectivity index (χ0v) is 18.7. The number of aromatic nitrogens is 1. The second kappa shape index (κ2) is 9.30. The molecule has 1 aliphatic heterocycles. The van der Waals surface area contributed by atoms with Crippen LogP contribution in [0, 0.1) is 0 Å². The van der Waals surface area contributed by atoms with Crippen LogP contribution in [0.4, 0.5) is 18.9 Å². The summed E-state index contributed by atoms with van der Waals surface area (Å²) in [5.41, 5.74) is 0.161. The van der Waals surface area contributed by atoms with Crippen molar-refractivity contribution < 1.29 is 37.3 Å². The lowest BCUT2D eigenvalue weighted by atomic mass is 9.96. The number of rotatable bonds is 5. The number of Topliss-reactive ketones (excluding diaryl/α,β-unsaturated/α-hetero) is 1. The Morgan fingerprint density at radius 3 is 2.54 bits per heavy atom. The third-order valence-electron chi connectivity index (χ3n) is 5.20. The van der Waals surface area contributed by atoms with Gasteiger partial charge in [0.05, 0.1) is 23.7 Å². The Kier molecular flexibility index (Phi) is 6.40. The molecule has 4 rings (SSSR count). The molecule has 2 heterocycles. The van der Waals surface area contributed by atoms with Crippen molar-refractivity contribution in [2.45, 2.75) is 12.4 Å². The monoisotopic (exact) mass is 504 g/mol. The number of ether oxygens (including phenoxy) is 2. The van der Waals surface area contributed by atoms with Gasteiger partial charge in [-0.05, 0) is 42.0 Å². The summed E-state index contributed by atoms with van der Waals surface area (Å²) < 4.78 is 47.4. The number of benzene rings is 2. The third kappa shape index (κ3) is 4.78. The molecule has 1 fully saturated rings. The van der Waals surface area contributed by atoms with Crippen LogP contribution in [0.2, 0.25) is 5.02 Å².